The summed E-state index contributed by atoms with van der Waals surface area (Å²) < 4.78 is 5.93. The zero-order valence-electron chi connectivity index (χ0n) is 11.2. The Hall–Kier alpha value is -0.120. The number of aliphatic hydroxyl groups is 2. The van der Waals surface area contributed by atoms with Crippen LogP contribution >= 0.6 is 0 Å². The summed E-state index contributed by atoms with van der Waals surface area (Å²) in [5.41, 5.74) is -0.571. The first-order chi connectivity index (χ1) is 7.19. The molecule has 0 bridgehead atoms. The SMILES string of the molecule is CCCC(O)C(O)C1CC(C)(C)OC1(C)C. The Morgan fingerprint density at radius 1 is 1.25 bits per heavy atom. The van der Waals surface area contributed by atoms with E-state index in [0.717, 1.165) is 12.8 Å². The molecule has 0 aromatic carbocycles. The highest BCUT2D eigenvalue weighted by atomic mass is 16.5. The van der Waals surface area contributed by atoms with Gasteiger partial charge in [0.25, 0.3) is 0 Å². The summed E-state index contributed by atoms with van der Waals surface area (Å²) in [7, 11) is 0. The normalized spacial score (nSPS) is 31.3. The maximum atomic E-state index is 10.2. The van der Waals surface area contributed by atoms with Crippen molar-refractivity contribution in [3.05, 3.63) is 0 Å². The first-order valence-corrected chi connectivity index (χ1v) is 6.26. The van der Waals surface area contributed by atoms with Crippen LogP contribution in [0.1, 0.15) is 53.9 Å². The third-order valence-electron chi connectivity index (χ3n) is 3.53. The Bertz CT molecular complexity index is 235. The zero-order chi connectivity index (χ0) is 12.6. The summed E-state index contributed by atoms with van der Waals surface area (Å²) in [5, 5.41) is 20.1. The lowest BCUT2D eigenvalue weighted by Crippen LogP contribution is -2.42. The van der Waals surface area contributed by atoms with Gasteiger partial charge in [-0.25, -0.2) is 0 Å². The van der Waals surface area contributed by atoms with E-state index < -0.39 is 12.2 Å². The Morgan fingerprint density at radius 3 is 2.19 bits per heavy atom. The van der Waals surface area contributed by atoms with Crippen LogP contribution < -0.4 is 0 Å². The van der Waals surface area contributed by atoms with E-state index >= 15 is 0 Å². The highest BCUT2D eigenvalue weighted by Crippen LogP contribution is 2.44. The Morgan fingerprint density at radius 2 is 1.81 bits per heavy atom. The highest BCUT2D eigenvalue weighted by Gasteiger charge is 2.49. The molecule has 3 nitrogen and oxygen atoms in total. The second-order valence-corrected chi connectivity index (χ2v) is 6.12. The fourth-order valence-electron chi connectivity index (χ4n) is 2.87. The van der Waals surface area contributed by atoms with E-state index in [1.807, 2.05) is 34.6 Å². The number of rotatable bonds is 4. The van der Waals surface area contributed by atoms with Gasteiger partial charge in [-0.3, -0.25) is 0 Å². The van der Waals surface area contributed by atoms with Gasteiger partial charge in [0, 0.05) is 5.92 Å². The van der Waals surface area contributed by atoms with Crippen LogP contribution in [-0.4, -0.2) is 33.6 Å². The van der Waals surface area contributed by atoms with Gasteiger partial charge in [-0.05, 0) is 40.5 Å². The molecule has 3 heteroatoms. The van der Waals surface area contributed by atoms with E-state index in [9.17, 15) is 10.2 Å². The van der Waals surface area contributed by atoms with Crippen molar-refractivity contribution >= 4 is 0 Å². The predicted molar refractivity (Wildman–Crippen MR) is 64.3 cm³/mol. The van der Waals surface area contributed by atoms with Gasteiger partial charge in [0.05, 0.1) is 23.4 Å². The van der Waals surface area contributed by atoms with Crippen molar-refractivity contribution in [2.24, 2.45) is 5.92 Å². The van der Waals surface area contributed by atoms with Gasteiger partial charge in [0.1, 0.15) is 0 Å². The molecule has 0 aliphatic carbocycles. The van der Waals surface area contributed by atoms with Crippen molar-refractivity contribution in [3.8, 4) is 0 Å². The van der Waals surface area contributed by atoms with E-state index in [-0.39, 0.29) is 17.1 Å². The number of hydrogen-bond donors (Lipinski definition) is 2. The van der Waals surface area contributed by atoms with Crippen molar-refractivity contribution in [3.63, 3.8) is 0 Å². The molecule has 1 heterocycles. The molecule has 1 fully saturated rings. The minimum atomic E-state index is -0.684. The lowest BCUT2D eigenvalue weighted by Gasteiger charge is -2.32. The van der Waals surface area contributed by atoms with Crippen LogP contribution in [0.15, 0.2) is 0 Å². The maximum absolute atomic E-state index is 10.2. The molecule has 0 aromatic rings. The van der Waals surface area contributed by atoms with Gasteiger partial charge < -0.3 is 14.9 Å². The minimum absolute atomic E-state index is 0.00375. The lowest BCUT2D eigenvalue weighted by molar-refractivity contribution is -0.104. The van der Waals surface area contributed by atoms with Crippen LogP contribution in [0.5, 0.6) is 0 Å². The van der Waals surface area contributed by atoms with Gasteiger partial charge in [0.2, 0.25) is 0 Å². The first kappa shape index (κ1) is 13.9. The molecule has 3 unspecified atom stereocenters. The average molecular weight is 230 g/mol. The topological polar surface area (TPSA) is 49.7 Å². The van der Waals surface area contributed by atoms with Crippen LogP contribution in [0.4, 0.5) is 0 Å². The van der Waals surface area contributed by atoms with Crippen molar-refractivity contribution in [2.75, 3.05) is 0 Å². The van der Waals surface area contributed by atoms with Gasteiger partial charge in [-0.1, -0.05) is 13.3 Å². The Balaban J connectivity index is 2.72. The minimum Gasteiger partial charge on any atom is -0.390 e. The summed E-state index contributed by atoms with van der Waals surface area (Å²) >= 11 is 0. The molecule has 0 spiro atoms. The van der Waals surface area contributed by atoms with Crippen molar-refractivity contribution in [1.29, 1.82) is 0 Å². The van der Waals surface area contributed by atoms with E-state index in [0.29, 0.717) is 6.42 Å². The molecule has 96 valence electrons. The first-order valence-electron chi connectivity index (χ1n) is 6.26. The molecule has 0 saturated carbocycles. The summed E-state index contributed by atoms with van der Waals surface area (Å²) in [6.45, 7) is 10.1. The fraction of sp³-hybridized carbons (Fsp3) is 1.00. The van der Waals surface area contributed by atoms with Crippen LogP contribution in [0.3, 0.4) is 0 Å². The molecule has 1 saturated heterocycles. The smallest absolute Gasteiger partial charge is 0.0855 e. The van der Waals surface area contributed by atoms with E-state index in [1.165, 1.54) is 0 Å². The molecule has 0 aromatic heterocycles. The largest absolute Gasteiger partial charge is 0.390 e. The van der Waals surface area contributed by atoms with Gasteiger partial charge in [0.15, 0.2) is 0 Å². The second kappa shape index (κ2) is 4.63. The molecule has 3 atom stereocenters. The monoisotopic (exact) mass is 230 g/mol. The molecule has 0 radical (unpaired) electrons. The highest BCUT2D eigenvalue weighted by molar-refractivity contribution is 4.98. The van der Waals surface area contributed by atoms with Gasteiger partial charge >= 0.3 is 0 Å². The van der Waals surface area contributed by atoms with Crippen LogP contribution in [-0.2, 0) is 4.74 Å². The standard InChI is InChI=1S/C13H26O3/c1-6-7-10(14)11(15)9-8-12(2,3)16-13(9,4)5/h9-11,14-15H,6-8H2,1-5H3. The summed E-state index contributed by atoms with van der Waals surface area (Å²) in [4.78, 5) is 0. The molecular formula is C13H26O3. The Kier molecular flexibility index (Phi) is 4.04. The molecule has 1 aliphatic rings. The number of ether oxygens (including phenoxy) is 1. The third kappa shape index (κ3) is 2.96. The fourth-order valence-corrected chi connectivity index (χ4v) is 2.87. The molecule has 1 rings (SSSR count). The van der Waals surface area contributed by atoms with E-state index in [4.69, 9.17) is 4.74 Å². The summed E-state index contributed by atoms with van der Waals surface area (Å²) in [6, 6.07) is 0. The molecule has 2 N–H and O–H groups in total. The van der Waals surface area contributed by atoms with Crippen molar-refractivity contribution in [2.45, 2.75) is 77.3 Å². The lowest BCUT2D eigenvalue weighted by atomic mass is 9.80. The van der Waals surface area contributed by atoms with Crippen molar-refractivity contribution in [1.82, 2.24) is 0 Å². The van der Waals surface area contributed by atoms with Crippen LogP contribution in [0.25, 0.3) is 0 Å². The predicted octanol–water partition coefficient (Wildman–Crippen LogP) is 2.10. The van der Waals surface area contributed by atoms with Crippen LogP contribution in [0, 0.1) is 5.92 Å². The number of hydrogen-bond acceptors (Lipinski definition) is 3. The van der Waals surface area contributed by atoms with Crippen LogP contribution in [0.2, 0.25) is 0 Å². The third-order valence-corrected chi connectivity index (χ3v) is 3.53. The molecule has 1 aliphatic heterocycles. The quantitative estimate of drug-likeness (QED) is 0.777. The number of aliphatic hydroxyl groups excluding tert-OH is 2. The molecular weight excluding hydrogens is 204 g/mol. The van der Waals surface area contributed by atoms with E-state index in [1.54, 1.807) is 0 Å². The molecule has 16 heavy (non-hydrogen) atoms. The Labute approximate surface area is 98.8 Å². The molecule has 0 amide bonds. The second-order valence-electron chi connectivity index (χ2n) is 6.12. The van der Waals surface area contributed by atoms with E-state index in [2.05, 4.69) is 0 Å². The summed E-state index contributed by atoms with van der Waals surface area (Å²) in [5.74, 6) is 0.00375. The average Bonchev–Trinajstić information content (AvgIpc) is 2.33. The summed E-state index contributed by atoms with van der Waals surface area (Å²) in [6.07, 6.45) is 1.01. The van der Waals surface area contributed by atoms with Crippen molar-refractivity contribution < 1.29 is 14.9 Å². The van der Waals surface area contributed by atoms with Gasteiger partial charge in [-0.15, -0.1) is 0 Å². The van der Waals surface area contributed by atoms with Gasteiger partial charge in [-0.2, -0.15) is 0 Å². The maximum Gasteiger partial charge on any atom is 0.0855 e. The zero-order valence-corrected chi connectivity index (χ0v) is 11.2.